The molecule has 1 N–H and O–H groups in total. The minimum atomic E-state index is -0.225. The molecule has 0 fully saturated rings. The van der Waals surface area contributed by atoms with Gasteiger partial charge in [-0.2, -0.15) is 0 Å². The van der Waals surface area contributed by atoms with Crippen LogP contribution in [0.3, 0.4) is 0 Å². The van der Waals surface area contributed by atoms with E-state index >= 15 is 0 Å². The monoisotopic (exact) mass is 530 g/mol. The number of nitrogens with zero attached hydrogens (tertiary/aromatic N) is 1. The van der Waals surface area contributed by atoms with Gasteiger partial charge in [-0.3, -0.25) is 9.59 Å². The van der Waals surface area contributed by atoms with Crippen LogP contribution in [0.1, 0.15) is 32.6 Å². The number of hydrogen-bond acceptors (Lipinski definition) is 6. The number of rotatable bonds is 10. The molecule has 0 aliphatic carbocycles. The standard InChI is InChI=1S/C31H34N2O6/c1-19-7-8-20(2)29-24(19)16-23(30(34)32-29)18-33(14-13-21-9-11-25(36-3)27(15-21)38-5)31(35)22-10-12-26(37-4)28(17-22)39-6/h7-12,15-17H,13-14,18H2,1-6H3,(H,32,34). The molecular formula is C31H34N2O6. The summed E-state index contributed by atoms with van der Waals surface area (Å²) in [5.41, 5.74) is 4.56. The second kappa shape index (κ2) is 11.9. The molecule has 0 saturated carbocycles. The molecule has 0 atom stereocenters. The molecule has 39 heavy (non-hydrogen) atoms. The Morgan fingerprint density at radius 1 is 0.769 bits per heavy atom. The molecule has 0 radical (unpaired) electrons. The highest BCUT2D eigenvalue weighted by Crippen LogP contribution is 2.30. The highest BCUT2D eigenvalue weighted by molar-refractivity contribution is 5.95. The van der Waals surface area contributed by atoms with Crippen molar-refractivity contribution in [3.8, 4) is 23.0 Å². The Hall–Kier alpha value is -4.46. The summed E-state index contributed by atoms with van der Waals surface area (Å²) in [7, 11) is 6.25. The van der Waals surface area contributed by atoms with Crippen LogP contribution in [0, 0.1) is 13.8 Å². The summed E-state index contributed by atoms with van der Waals surface area (Å²) in [6.07, 6.45) is 0.545. The predicted octanol–water partition coefficient (Wildman–Crippen LogP) is 5.06. The number of methoxy groups -OCH3 is 4. The lowest BCUT2D eigenvalue weighted by Gasteiger charge is -2.24. The second-order valence-corrected chi connectivity index (χ2v) is 9.35. The van der Waals surface area contributed by atoms with Gasteiger partial charge in [0.25, 0.3) is 11.5 Å². The smallest absolute Gasteiger partial charge is 0.254 e. The summed E-state index contributed by atoms with van der Waals surface area (Å²) in [6.45, 7) is 4.48. The number of H-pyrrole nitrogens is 1. The molecule has 4 aromatic rings. The van der Waals surface area contributed by atoms with E-state index in [9.17, 15) is 9.59 Å². The molecule has 0 aliphatic heterocycles. The molecule has 4 rings (SSSR count). The lowest BCUT2D eigenvalue weighted by Crippen LogP contribution is -2.34. The van der Waals surface area contributed by atoms with E-state index in [1.165, 1.54) is 7.11 Å². The molecular weight excluding hydrogens is 496 g/mol. The molecule has 1 aromatic heterocycles. The van der Waals surface area contributed by atoms with Crippen LogP contribution < -0.4 is 24.5 Å². The van der Waals surface area contributed by atoms with E-state index in [1.54, 1.807) is 44.4 Å². The lowest BCUT2D eigenvalue weighted by molar-refractivity contribution is 0.0744. The van der Waals surface area contributed by atoms with Crippen molar-refractivity contribution in [2.75, 3.05) is 35.0 Å². The maximum Gasteiger partial charge on any atom is 0.254 e. The van der Waals surface area contributed by atoms with E-state index in [0.717, 1.165) is 27.6 Å². The van der Waals surface area contributed by atoms with Gasteiger partial charge in [0.2, 0.25) is 0 Å². The fourth-order valence-corrected chi connectivity index (χ4v) is 4.65. The molecule has 8 heteroatoms. The number of aromatic nitrogens is 1. The number of benzene rings is 3. The van der Waals surface area contributed by atoms with Crippen molar-refractivity contribution in [2.24, 2.45) is 0 Å². The molecule has 0 spiro atoms. The molecule has 0 bridgehead atoms. The Bertz CT molecular complexity index is 1560. The van der Waals surface area contributed by atoms with Crippen LogP contribution >= 0.6 is 0 Å². The van der Waals surface area contributed by atoms with E-state index in [0.29, 0.717) is 47.1 Å². The lowest BCUT2D eigenvalue weighted by atomic mass is 10.0. The SMILES string of the molecule is COc1ccc(CCN(Cc2cc3c(C)ccc(C)c3[nH]c2=O)C(=O)c2ccc(OC)c(OC)c2)cc1OC. The summed E-state index contributed by atoms with van der Waals surface area (Å²) in [4.78, 5) is 31.7. The van der Waals surface area contributed by atoms with Crippen LogP contribution in [-0.4, -0.2) is 50.8 Å². The summed E-state index contributed by atoms with van der Waals surface area (Å²) < 4.78 is 21.5. The number of aromatic amines is 1. The summed E-state index contributed by atoms with van der Waals surface area (Å²) in [6, 6.07) is 16.6. The topological polar surface area (TPSA) is 90.1 Å². The van der Waals surface area contributed by atoms with Crippen molar-refractivity contribution in [1.29, 1.82) is 0 Å². The van der Waals surface area contributed by atoms with Gasteiger partial charge in [-0.1, -0.05) is 18.2 Å². The number of hydrogen-bond donors (Lipinski definition) is 1. The highest BCUT2D eigenvalue weighted by atomic mass is 16.5. The zero-order chi connectivity index (χ0) is 28.1. The van der Waals surface area contributed by atoms with Crippen LogP contribution in [0.25, 0.3) is 10.9 Å². The van der Waals surface area contributed by atoms with Crippen molar-refractivity contribution in [2.45, 2.75) is 26.8 Å². The third-order valence-corrected chi connectivity index (χ3v) is 6.92. The maximum atomic E-state index is 13.8. The minimum absolute atomic E-state index is 0.138. The van der Waals surface area contributed by atoms with Crippen LogP contribution in [0.4, 0.5) is 0 Å². The van der Waals surface area contributed by atoms with E-state index < -0.39 is 0 Å². The van der Waals surface area contributed by atoms with Crippen molar-refractivity contribution in [3.63, 3.8) is 0 Å². The largest absolute Gasteiger partial charge is 0.493 e. The quantitative estimate of drug-likeness (QED) is 0.308. The Balaban J connectivity index is 1.71. The van der Waals surface area contributed by atoms with Crippen molar-refractivity contribution in [1.82, 2.24) is 9.88 Å². The Labute approximate surface area is 228 Å². The number of amides is 1. The predicted molar refractivity (Wildman–Crippen MR) is 152 cm³/mol. The third-order valence-electron chi connectivity index (χ3n) is 6.92. The van der Waals surface area contributed by atoms with Gasteiger partial charge in [-0.25, -0.2) is 0 Å². The van der Waals surface area contributed by atoms with Gasteiger partial charge >= 0.3 is 0 Å². The maximum absolute atomic E-state index is 13.8. The fourth-order valence-electron chi connectivity index (χ4n) is 4.65. The van der Waals surface area contributed by atoms with Crippen molar-refractivity contribution in [3.05, 3.63) is 92.8 Å². The molecule has 1 heterocycles. The zero-order valence-corrected chi connectivity index (χ0v) is 23.2. The molecule has 0 saturated heterocycles. The van der Waals surface area contributed by atoms with Crippen LogP contribution in [-0.2, 0) is 13.0 Å². The first kappa shape index (κ1) is 27.6. The Morgan fingerprint density at radius 3 is 2.05 bits per heavy atom. The minimum Gasteiger partial charge on any atom is -0.493 e. The van der Waals surface area contributed by atoms with Crippen molar-refractivity contribution >= 4 is 16.8 Å². The molecule has 204 valence electrons. The van der Waals surface area contributed by atoms with Gasteiger partial charge in [0.15, 0.2) is 23.0 Å². The van der Waals surface area contributed by atoms with Gasteiger partial charge < -0.3 is 28.8 Å². The number of ether oxygens (including phenoxy) is 4. The average molecular weight is 531 g/mol. The number of carbonyl (C=O) groups is 1. The highest BCUT2D eigenvalue weighted by Gasteiger charge is 2.21. The first-order valence-electron chi connectivity index (χ1n) is 12.6. The molecule has 1 amide bonds. The first-order valence-corrected chi connectivity index (χ1v) is 12.6. The van der Waals surface area contributed by atoms with Gasteiger partial charge in [-0.05, 0) is 73.4 Å². The number of fused-ring (bicyclic) bond motifs is 1. The average Bonchev–Trinajstić information content (AvgIpc) is 2.96. The molecule has 0 unspecified atom stereocenters. The third kappa shape index (κ3) is 5.85. The first-order chi connectivity index (χ1) is 18.8. The fraction of sp³-hybridized carbons (Fsp3) is 0.290. The van der Waals surface area contributed by atoms with Gasteiger partial charge in [-0.15, -0.1) is 0 Å². The van der Waals surface area contributed by atoms with Gasteiger partial charge in [0.05, 0.1) is 40.5 Å². The number of aryl methyl sites for hydroxylation is 2. The summed E-state index contributed by atoms with van der Waals surface area (Å²) >= 11 is 0. The molecule has 0 aliphatic rings. The Kier molecular flexibility index (Phi) is 8.44. The number of carbonyl (C=O) groups excluding carboxylic acids is 1. The van der Waals surface area contributed by atoms with E-state index in [4.69, 9.17) is 18.9 Å². The Morgan fingerprint density at radius 2 is 1.38 bits per heavy atom. The summed E-state index contributed by atoms with van der Waals surface area (Å²) in [5, 5.41) is 0.961. The second-order valence-electron chi connectivity index (χ2n) is 9.35. The van der Waals surface area contributed by atoms with E-state index in [2.05, 4.69) is 4.98 Å². The number of pyridine rings is 1. The van der Waals surface area contributed by atoms with Gasteiger partial charge in [0.1, 0.15) is 0 Å². The van der Waals surface area contributed by atoms with E-state index in [1.807, 2.05) is 50.2 Å². The summed E-state index contributed by atoms with van der Waals surface area (Å²) in [5.74, 6) is 2.01. The van der Waals surface area contributed by atoms with Crippen LogP contribution in [0.5, 0.6) is 23.0 Å². The van der Waals surface area contributed by atoms with Crippen LogP contribution in [0.2, 0.25) is 0 Å². The molecule has 3 aromatic carbocycles. The normalized spacial score (nSPS) is 10.8. The number of nitrogens with one attached hydrogen (secondary N) is 1. The zero-order valence-electron chi connectivity index (χ0n) is 23.2. The van der Waals surface area contributed by atoms with Crippen molar-refractivity contribution < 1.29 is 23.7 Å². The van der Waals surface area contributed by atoms with Gasteiger partial charge in [0, 0.05) is 23.1 Å². The van der Waals surface area contributed by atoms with Crippen LogP contribution in [0.15, 0.2) is 59.4 Å². The van der Waals surface area contributed by atoms with E-state index in [-0.39, 0.29) is 18.0 Å². The molecule has 8 nitrogen and oxygen atoms in total.